The fourth-order valence-corrected chi connectivity index (χ4v) is 1.33. The average Bonchev–Trinajstić information content (AvgIpc) is 2.52. The lowest BCUT2D eigenvalue weighted by Crippen LogP contribution is -1.88. The van der Waals surface area contributed by atoms with Gasteiger partial charge in [0.1, 0.15) is 11.5 Å². The first-order valence-corrected chi connectivity index (χ1v) is 4.15. The first kappa shape index (κ1) is 8.74. The van der Waals surface area contributed by atoms with Gasteiger partial charge in [0, 0.05) is 5.56 Å². The van der Waals surface area contributed by atoms with Gasteiger partial charge in [-0.05, 0) is 30.7 Å². The molecule has 3 nitrogen and oxygen atoms in total. The highest BCUT2D eigenvalue weighted by Crippen LogP contribution is 2.28. The van der Waals surface area contributed by atoms with Crippen molar-refractivity contribution in [2.75, 3.05) is 5.73 Å². The van der Waals surface area contributed by atoms with E-state index in [1.54, 1.807) is 13.0 Å². The molecule has 2 N–H and O–H groups in total. The van der Waals surface area contributed by atoms with Gasteiger partial charge in [-0.2, -0.15) is 0 Å². The SMILES string of the molecule is Cc1cc(F)ccc1-c1oncc1N. The molecule has 0 aliphatic carbocycles. The van der Waals surface area contributed by atoms with Crippen LogP contribution in [0.25, 0.3) is 11.3 Å². The van der Waals surface area contributed by atoms with Gasteiger partial charge in [-0.1, -0.05) is 5.16 Å². The van der Waals surface area contributed by atoms with Crippen LogP contribution in [0.1, 0.15) is 5.56 Å². The minimum Gasteiger partial charge on any atom is -0.394 e. The molecule has 0 aliphatic rings. The van der Waals surface area contributed by atoms with Crippen LogP contribution in [-0.4, -0.2) is 5.16 Å². The Morgan fingerprint density at radius 3 is 2.79 bits per heavy atom. The second kappa shape index (κ2) is 3.14. The molecule has 0 bridgehead atoms. The minimum absolute atomic E-state index is 0.274. The lowest BCUT2D eigenvalue weighted by Gasteiger charge is -2.01. The molecule has 0 unspecified atom stereocenters. The molecule has 0 saturated carbocycles. The lowest BCUT2D eigenvalue weighted by molar-refractivity contribution is 0.432. The molecule has 14 heavy (non-hydrogen) atoms. The quantitative estimate of drug-likeness (QED) is 0.754. The van der Waals surface area contributed by atoms with E-state index in [1.165, 1.54) is 18.3 Å². The molecule has 1 aromatic carbocycles. The van der Waals surface area contributed by atoms with Crippen LogP contribution in [0.3, 0.4) is 0 Å². The summed E-state index contributed by atoms with van der Waals surface area (Å²) in [6.07, 6.45) is 1.43. The predicted molar refractivity (Wildman–Crippen MR) is 51.0 cm³/mol. The van der Waals surface area contributed by atoms with Gasteiger partial charge in [0.05, 0.1) is 6.20 Å². The molecule has 1 aromatic heterocycles. The van der Waals surface area contributed by atoms with E-state index in [0.29, 0.717) is 11.4 Å². The molecule has 0 amide bonds. The van der Waals surface area contributed by atoms with Crippen LogP contribution in [0.4, 0.5) is 10.1 Å². The fraction of sp³-hybridized carbons (Fsp3) is 0.100. The molecule has 0 spiro atoms. The van der Waals surface area contributed by atoms with Gasteiger partial charge in [-0.15, -0.1) is 0 Å². The van der Waals surface area contributed by atoms with Crippen molar-refractivity contribution in [2.45, 2.75) is 6.92 Å². The van der Waals surface area contributed by atoms with Crippen LogP contribution < -0.4 is 5.73 Å². The first-order chi connectivity index (χ1) is 6.68. The maximum atomic E-state index is 12.8. The zero-order valence-corrected chi connectivity index (χ0v) is 7.62. The Labute approximate surface area is 80.3 Å². The molecule has 2 rings (SSSR count). The van der Waals surface area contributed by atoms with Gasteiger partial charge in [-0.3, -0.25) is 0 Å². The number of aryl methyl sites for hydroxylation is 1. The third-order valence-electron chi connectivity index (χ3n) is 2.03. The second-order valence-electron chi connectivity index (χ2n) is 3.07. The van der Waals surface area contributed by atoms with Gasteiger partial charge >= 0.3 is 0 Å². The van der Waals surface area contributed by atoms with Crippen molar-refractivity contribution in [1.29, 1.82) is 0 Å². The summed E-state index contributed by atoms with van der Waals surface area (Å²) in [4.78, 5) is 0. The number of aromatic nitrogens is 1. The molecule has 1 heterocycles. The number of hydrogen-bond donors (Lipinski definition) is 1. The summed E-state index contributed by atoms with van der Waals surface area (Å²) in [5, 5.41) is 3.57. The number of benzene rings is 1. The number of nitrogens with zero attached hydrogens (tertiary/aromatic N) is 1. The summed E-state index contributed by atoms with van der Waals surface area (Å²) in [6.45, 7) is 1.79. The Kier molecular flexibility index (Phi) is 1.96. The maximum absolute atomic E-state index is 12.8. The number of anilines is 1. The Morgan fingerprint density at radius 2 is 2.21 bits per heavy atom. The Morgan fingerprint density at radius 1 is 1.43 bits per heavy atom. The third-order valence-corrected chi connectivity index (χ3v) is 2.03. The summed E-state index contributed by atoms with van der Waals surface area (Å²) in [7, 11) is 0. The van der Waals surface area contributed by atoms with E-state index in [1.807, 2.05) is 0 Å². The number of nitrogens with two attached hydrogens (primary N) is 1. The molecule has 0 atom stereocenters. The molecule has 0 aliphatic heterocycles. The first-order valence-electron chi connectivity index (χ1n) is 4.15. The number of hydrogen-bond acceptors (Lipinski definition) is 3. The highest BCUT2D eigenvalue weighted by Gasteiger charge is 2.10. The summed E-state index contributed by atoms with van der Waals surface area (Å²) in [5.74, 6) is 0.215. The van der Waals surface area contributed by atoms with Crippen LogP contribution in [0.15, 0.2) is 28.9 Å². The van der Waals surface area contributed by atoms with Crippen molar-refractivity contribution >= 4 is 5.69 Å². The fourth-order valence-electron chi connectivity index (χ4n) is 1.33. The van der Waals surface area contributed by atoms with Crippen molar-refractivity contribution < 1.29 is 8.91 Å². The minimum atomic E-state index is -0.274. The van der Waals surface area contributed by atoms with Crippen molar-refractivity contribution in [2.24, 2.45) is 0 Å². The van der Waals surface area contributed by atoms with Crippen molar-refractivity contribution in [3.63, 3.8) is 0 Å². The van der Waals surface area contributed by atoms with Crippen molar-refractivity contribution in [3.05, 3.63) is 35.8 Å². The van der Waals surface area contributed by atoms with Crippen molar-refractivity contribution in [3.8, 4) is 11.3 Å². The average molecular weight is 192 g/mol. The molecule has 0 fully saturated rings. The van der Waals surface area contributed by atoms with Gasteiger partial charge in [0.15, 0.2) is 5.76 Å². The van der Waals surface area contributed by atoms with Crippen LogP contribution in [0.5, 0.6) is 0 Å². The van der Waals surface area contributed by atoms with Crippen molar-refractivity contribution in [1.82, 2.24) is 5.16 Å². The van der Waals surface area contributed by atoms with Crippen LogP contribution in [-0.2, 0) is 0 Å². The summed E-state index contributed by atoms with van der Waals surface area (Å²) in [6, 6.07) is 4.42. The van der Waals surface area contributed by atoms with Gasteiger partial charge in [-0.25, -0.2) is 4.39 Å². The summed E-state index contributed by atoms with van der Waals surface area (Å²) in [5.41, 5.74) is 7.62. The topological polar surface area (TPSA) is 52.0 Å². The third kappa shape index (κ3) is 1.35. The van der Waals surface area contributed by atoms with Crippen LogP contribution >= 0.6 is 0 Å². The van der Waals surface area contributed by atoms with Crippen LogP contribution in [0, 0.1) is 12.7 Å². The molecule has 0 saturated heterocycles. The Bertz CT molecular complexity index is 465. The standard InChI is InChI=1S/C10H9FN2O/c1-6-4-7(11)2-3-8(6)10-9(12)5-13-14-10/h2-5H,12H2,1H3. The Balaban J connectivity index is 2.58. The van der Waals surface area contributed by atoms with Crippen LogP contribution in [0.2, 0.25) is 0 Å². The van der Waals surface area contributed by atoms with Gasteiger partial charge < -0.3 is 10.3 Å². The Hall–Kier alpha value is -1.84. The summed E-state index contributed by atoms with van der Waals surface area (Å²) < 4.78 is 17.8. The van der Waals surface area contributed by atoms with Gasteiger partial charge in [0.2, 0.25) is 0 Å². The molecular formula is C10H9FN2O. The lowest BCUT2D eigenvalue weighted by atomic mass is 10.1. The number of halogens is 1. The molecule has 4 heteroatoms. The molecular weight excluding hydrogens is 183 g/mol. The largest absolute Gasteiger partial charge is 0.394 e. The predicted octanol–water partition coefficient (Wildman–Crippen LogP) is 2.37. The normalized spacial score (nSPS) is 10.4. The van der Waals surface area contributed by atoms with E-state index < -0.39 is 0 Å². The monoisotopic (exact) mass is 192 g/mol. The smallest absolute Gasteiger partial charge is 0.189 e. The molecule has 72 valence electrons. The van der Waals surface area contributed by atoms with E-state index in [4.69, 9.17) is 10.3 Å². The molecule has 2 aromatic rings. The van der Waals surface area contributed by atoms with E-state index in [2.05, 4.69) is 5.16 Å². The van der Waals surface area contributed by atoms with E-state index in [0.717, 1.165) is 11.1 Å². The zero-order chi connectivity index (χ0) is 10.1. The van der Waals surface area contributed by atoms with E-state index in [-0.39, 0.29) is 5.82 Å². The second-order valence-corrected chi connectivity index (χ2v) is 3.07. The van der Waals surface area contributed by atoms with E-state index >= 15 is 0 Å². The van der Waals surface area contributed by atoms with E-state index in [9.17, 15) is 4.39 Å². The molecule has 0 radical (unpaired) electrons. The number of nitrogen functional groups attached to an aromatic ring is 1. The zero-order valence-electron chi connectivity index (χ0n) is 7.62. The maximum Gasteiger partial charge on any atom is 0.189 e. The summed E-state index contributed by atoms with van der Waals surface area (Å²) >= 11 is 0. The van der Waals surface area contributed by atoms with Gasteiger partial charge in [0.25, 0.3) is 0 Å². The highest BCUT2D eigenvalue weighted by molar-refractivity contribution is 5.72. The highest BCUT2D eigenvalue weighted by atomic mass is 19.1. The number of rotatable bonds is 1.